The van der Waals surface area contributed by atoms with Gasteiger partial charge in [-0.25, -0.2) is 0 Å². The fourth-order valence-electron chi connectivity index (χ4n) is 1.69. The van der Waals surface area contributed by atoms with Crippen LogP contribution in [0.25, 0.3) is 0 Å². The number of hydrogen-bond donors (Lipinski definition) is 2. The van der Waals surface area contributed by atoms with Gasteiger partial charge in [0.2, 0.25) is 0 Å². The molecule has 0 aromatic carbocycles. The Hall–Kier alpha value is -1.08. The molecule has 0 atom stereocenters. The highest BCUT2D eigenvalue weighted by Crippen LogP contribution is 2.29. The standard InChI is InChI=1S/C9H12F3N3O/c1-16-8(4-13-5-8)3-6-2-7(15-14-6)9(10,11)12/h2,13H,3-5H2,1H3,(H,14,15). The van der Waals surface area contributed by atoms with Crippen LogP contribution in [0.15, 0.2) is 6.07 Å². The van der Waals surface area contributed by atoms with Crippen molar-refractivity contribution >= 4 is 0 Å². The number of methoxy groups -OCH3 is 1. The van der Waals surface area contributed by atoms with Gasteiger partial charge in [0.15, 0.2) is 5.69 Å². The van der Waals surface area contributed by atoms with Crippen molar-refractivity contribution in [3.8, 4) is 0 Å². The molecule has 2 heterocycles. The largest absolute Gasteiger partial charge is 0.435 e. The van der Waals surface area contributed by atoms with Gasteiger partial charge in [-0.05, 0) is 6.07 Å². The highest BCUT2D eigenvalue weighted by Gasteiger charge is 2.39. The molecule has 0 bridgehead atoms. The Labute approximate surface area is 90.2 Å². The van der Waals surface area contributed by atoms with E-state index in [2.05, 4.69) is 15.5 Å². The predicted octanol–water partition coefficient (Wildman–Crippen LogP) is 0.959. The molecule has 0 unspecified atom stereocenters. The molecule has 1 aliphatic heterocycles. The first-order valence-corrected chi connectivity index (χ1v) is 4.83. The fourth-order valence-corrected chi connectivity index (χ4v) is 1.69. The first-order chi connectivity index (χ1) is 7.45. The van der Waals surface area contributed by atoms with Crippen molar-refractivity contribution in [1.82, 2.24) is 15.5 Å². The van der Waals surface area contributed by atoms with Crippen LogP contribution in [0, 0.1) is 0 Å². The number of H-pyrrole nitrogens is 1. The summed E-state index contributed by atoms with van der Waals surface area (Å²) in [5, 5.41) is 8.66. The molecule has 1 saturated heterocycles. The lowest BCUT2D eigenvalue weighted by atomic mass is 9.91. The number of nitrogens with zero attached hydrogens (tertiary/aromatic N) is 1. The molecule has 1 fully saturated rings. The average molecular weight is 235 g/mol. The Kier molecular flexibility index (Phi) is 2.67. The lowest BCUT2D eigenvalue weighted by Gasteiger charge is -2.41. The van der Waals surface area contributed by atoms with Crippen molar-refractivity contribution in [3.63, 3.8) is 0 Å². The third-order valence-corrected chi connectivity index (χ3v) is 2.76. The minimum atomic E-state index is -4.40. The molecule has 1 aromatic heterocycles. The zero-order valence-electron chi connectivity index (χ0n) is 8.69. The van der Waals surface area contributed by atoms with Crippen molar-refractivity contribution in [1.29, 1.82) is 0 Å². The Bertz CT molecular complexity index is 365. The smallest absolute Gasteiger partial charge is 0.375 e. The number of aromatic nitrogens is 2. The van der Waals surface area contributed by atoms with Crippen LogP contribution in [-0.2, 0) is 17.3 Å². The Balaban J connectivity index is 2.08. The highest BCUT2D eigenvalue weighted by atomic mass is 19.4. The molecular formula is C9H12F3N3O. The molecule has 0 radical (unpaired) electrons. The Morgan fingerprint density at radius 3 is 2.56 bits per heavy atom. The van der Waals surface area contributed by atoms with E-state index in [1.165, 1.54) is 0 Å². The van der Waals surface area contributed by atoms with Gasteiger partial charge in [0.05, 0.1) is 5.60 Å². The summed E-state index contributed by atoms with van der Waals surface area (Å²) in [4.78, 5) is 0. The summed E-state index contributed by atoms with van der Waals surface area (Å²) in [5.74, 6) is 0. The number of alkyl halides is 3. The van der Waals surface area contributed by atoms with Gasteiger partial charge < -0.3 is 10.1 Å². The lowest BCUT2D eigenvalue weighted by Crippen LogP contribution is -2.61. The fraction of sp³-hybridized carbons (Fsp3) is 0.667. The monoisotopic (exact) mass is 235 g/mol. The first-order valence-electron chi connectivity index (χ1n) is 4.83. The third-order valence-electron chi connectivity index (χ3n) is 2.76. The number of rotatable bonds is 3. The average Bonchev–Trinajstić information content (AvgIpc) is 2.58. The van der Waals surface area contributed by atoms with Gasteiger partial charge in [-0.2, -0.15) is 18.3 Å². The van der Waals surface area contributed by atoms with Gasteiger partial charge in [0.25, 0.3) is 0 Å². The summed E-state index contributed by atoms with van der Waals surface area (Å²) in [7, 11) is 1.56. The minimum Gasteiger partial charge on any atom is -0.375 e. The maximum atomic E-state index is 12.3. The van der Waals surface area contributed by atoms with E-state index in [1.807, 2.05) is 0 Å². The zero-order chi connectivity index (χ0) is 11.8. The summed E-state index contributed by atoms with van der Waals surface area (Å²) in [6.07, 6.45) is -3.99. The van der Waals surface area contributed by atoms with Crippen molar-refractivity contribution in [3.05, 3.63) is 17.5 Å². The van der Waals surface area contributed by atoms with Crippen LogP contribution in [0.1, 0.15) is 11.4 Å². The van der Waals surface area contributed by atoms with Crippen LogP contribution in [0.2, 0.25) is 0 Å². The number of halogens is 3. The van der Waals surface area contributed by atoms with E-state index in [0.717, 1.165) is 6.07 Å². The van der Waals surface area contributed by atoms with Gasteiger partial charge in [-0.3, -0.25) is 5.10 Å². The second-order valence-electron chi connectivity index (χ2n) is 3.94. The van der Waals surface area contributed by atoms with E-state index < -0.39 is 17.5 Å². The summed E-state index contributed by atoms with van der Waals surface area (Å²) in [6, 6.07) is 1.03. The van der Waals surface area contributed by atoms with E-state index in [1.54, 1.807) is 7.11 Å². The minimum absolute atomic E-state index is 0.393. The molecule has 1 aromatic rings. The van der Waals surface area contributed by atoms with Crippen LogP contribution in [0.3, 0.4) is 0 Å². The van der Waals surface area contributed by atoms with Crippen molar-refractivity contribution in [2.75, 3.05) is 20.2 Å². The Morgan fingerprint density at radius 2 is 2.19 bits per heavy atom. The van der Waals surface area contributed by atoms with Gasteiger partial charge in [0, 0.05) is 32.3 Å². The Morgan fingerprint density at radius 1 is 1.50 bits per heavy atom. The van der Waals surface area contributed by atoms with Gasteiger partial charge in [-0.1, -0.05) is 0 Å². The van der Waals surface area contributed by atoms with Gasteiger partial charge >= 0.3 is 6.18 Å². The summed E-state index contributed by atoms with van der Waals surface area (Å²) < 4.78 is 42.1. The quantitative estimate of drug-likeness (QED) is 0.820. The van der Waals surface area contributed by atoms with Crippen molar-refractivity contribution in [2.45, 2.75) is 18.2 Å². The van der Waals surface area contributed by atoms with Crippen LogP contribution in [-0.4, -0.2) is 36.0 Å². The van der Waals surface area contributed by atoms with Crippen molar-refractivity contribution in [2.24, 2.45) is 0 Å². The van der Waals surface area contributed by atoms with Crippen LogP contribution >= 0.6 is 0 Å². The molecule has 1 aliphatic rings. The number of nitrogens with one attached hydrogen (secondary N) is 2. The first kappa shape index (κ1) is 11.4. The normalized spacial score (nSPS) is 19.5. The number of hydrogen-bond acceptors (Lipinski definition) is 3. The molecule has 0 amide bonds. The van der Waals surface area contributed by atoms with Crippen LogP contribution < -0.4 is 5.32 Å². The lowest BCUT2D eigenvalue weighted by molar-refractivity contribution is -0.141. The van der Waals surface area contributed by atoms with Crippen molar-refractivity contribution < 1.29 is 17.9 Å². The van der Waals surface area contributed by atoms with Gasteiger partial charge in [0.1, 0.15) is 0 Å². The van der Waals surface area contributed by atoms with E-state index in [9.17, 15) is 13.2 Å². The molecule has 0 aliphatic carbocycles. The van der Waals surface area contributed by atoms with Crippen LogP contribution in [0.5, 0.6) is 0 Å². The second-order valence-corrected chi connectivity index (χ2v) is 3.94. The van der Waals surface area contributed by atoms with E-state index in [4.69, 9.17) is 4.74 Å². The topological polar surface area (TPSA) is 49.9 Å². The molecule has 2 rings (SSSR count). The number of ether oxygens (including phenoxy) is 1. The maximum absolute atomic E-state index is 12.3. The van der Waals surface area contributed by atoms with Gasteiger partial charge in [-0.15, -0.1) is 0 Å². The molecule has 2 N–H and O–H groups in total. The second kappa shape index (κ2) is 3.74. The summed E-state index contributed by atoms with van der Waals surface area (Å²) in [5.41, 5.74) is -0.841. The molecule has 90 valence electrons. The maximum Gasteiger partial charge on any atom is 0.435 e. The summed E-state index contributed by atoms with van der Waals surface area (Å²) in [6.45, 7) is 1.29. The molecule has 0 spiro atoms. The summed E-state index contributed by atoms with van der Waals surface area (Å²) >= 11 is 0. The van der Waals surface area contributed by atoms with Crippen LogP contribution in [0.4, 0.5) is 13.2 Å². The van der Waals surface area contributed by atoms with E-state index in [-0.39, 0.29) is 0 Å². The number of aromatic amines is 1. The predicted molar refractivity (Wildman–Crippen MR) is 49.9 cm³/mol. The SMILES string of the molecule is COC1(Cc2cc(C(F)(F)F)n[nH]2)CNC1. The van der Waals surface area contributed by atoms with E-state index >= 15 is 0 Å². The molecule has 7 heteroatoms. The molecule has 4 nitrogen and oxygen atoms in total. The zero-order valence-corrected chi connectivity index (χ0v) is 8.69. The molecular weight excluding hydrogens is 223 g/mol. The van der Waals surface area contributed by atoms with E-state index in [0.29, 0.717) is 25.2 Å². The molecule has 0 saturated carbocycles. The highest BCUT2D eigenvalue weighted by molar-refractivity contribution is 5.15. The third kappa shape index (κ3) is 2.05. The molecule has 16 heavy (non-hydrogen) atoms.